The summed E-state index contributed by atoms with van der Waals surface area (Å²) in [4.78, 5) is 11.5. The second kappa shape index (κ2) is 7.17. The van der Waals surface area contributed by atoms with E-state index in [1.807, 2.05) is 27.8 Å². The van der Waals surface area contributed by atoms with E-state index in [1.165, 1.54) is 0 Å². The summed E-state index contributed by atoms with van der Waals surface area (Å²) in [6.45, 7) is 9.95. The van der Waals surface area contributed by atoms with Crippen LogP contribution in [0.15, 0.2) is 0 Å². The van der Waals surface area contributed by atoms with Crippen LogP contribution < -0.4 is 5.32 Å². The molecular formula is C12H25NO2S. The molecule has 0 aromatic heterocycles. The van der Waals surface area contributed by atoms with Crippen molar-refractivity contribution in [2.45, 2.75) is 57.9 Å². The van der Waals surface area contributed by atoms with Crippen molar-refractivity contribution in [3.8, 4) is 0 Å². The zero-order valence-corrected chi connectivity index (χ0v) is 12.1. The highest BCUT2D eigenvalue weighted by Gasteiger charge is 2.19. The van der Waals surface area contributed by atoms with Crippen LogP contribution >= 0.6 is 11.8 Å². The van der Waals surface area contributed by atoms with Crippen LogP contribution in [0.1, 0.15) is 41.0 Å². The smallest absolute Gasteiger partial charge is 0.316 e. The van der Waals surface area contributed by atoms with Gasteiger partial charge in [-0.2, -0.15) is 0 Å². The third-order valence-corrected chi connectivity index (χ3v) is 3.52. The highest BCUT2D eigenvalue weighted by molar-refractivity contribution is 8.00. The molecular weight excluding hydrogens is 222 g/mol. The molecule has 0 spiro atoms. The number of esters is 1. The van der Waals surface area contributed by atoms with E-state index in [1.54, 1.807) is 11.8 Å². The summed E-state index contributed by atoms with van der Waals surface area (Å²) in [5.74, 6) is 0.298. The number of carbonyl (C=O) groups excluding carboxylic acids is 1. The Morgan fingerprint density at radius 1 is 1.44 bits per heavy atom. The van der Waals surface area contributed by atoms with Gasteiger partial charge in [0.15, 0.2) is 0 Å². The predicted octanol–water partition coefficient (Wildman–Crippen LogP) is 2.45. The van der Waals surface area contributed by atoms with E-state index in [-0.39, 0.29) is 11.6 Å². The first-order valence-electron chi connectivity index (χ1n) is 5.81. The minimum Gasteiger partial charge on any atom is -0.459 e. The van der Waals surface area contributed by atoms with Crippen molar-refractivity contribution < 1.29 is 9.53 Å². The zero-order chi connectivity index (χ0) is 12.8. The molecule has 3 nitrogen and oxygen atoms in total. The minimum atomic E-state index is -0.381. The molecule has 96 valence electrons. The Hall–Kier alpha value is -0.220. The van der Waals surface area contributed by atoms with Gasteiger partial charge in [-0.25, -0.2) is 0 Å². The second-order valence-corrected chi connectivity index (χ2v) is 6.27. The fraction of sp³-hybridized carbons (Fsp3) is 0.917. The Kier molecular flexibility index (Phi) is 7.07. The Labute approximate surface area is 104 Å². The third kappa shape index (κ3) is 7.12. The van der Waals surface area contributed by atoms with E-state index in [2.05, 4.69) is 19.2 Å². The van der Waals surface area contributed by atoms with Crippen molar-refractivity contribution in [3.05, 3.63) is 0 Å². The fourth-order valence-corrected chi connectivity index (χ4v) is 2.48. The minimum absolute atomic E-state index is 0.129. The molecule has 0 saturated heterocycles. The normalized spacial score (nSPS) is 15.6. The summed E-state index contributed by atoms with van der Waals surface area (Å²) < 4.78 is 5.25. The molecule has 0 aromatic rings. The summed E-state index contributed by atoms with van der Waals surface area (Å²) in [6, 6.07) is 0.451. The fourth-order valence-electron chi connectivity index (χ4n) is 1.46. The predicted molar refractivity (Wildman–Crippen MR) is 70.9 cm³/mol. The maximum Gasteiger partial charge on any atom is 0.316 e. The average Bonchev–Trinajstić information content (AvgIpc) is 2.14. The Morgan fingerprint density at radius 3 is 2.38 bits per heavy atom. The number of hydrogen-bond acceptors (Lipinski definition) is 4. The van der Waals surface area contributed by atoms with Gasteiger partial charge in [-0.1, -0.05) is 13.8 Å². The highest BCUT2D eigenvalue weighted by atomic mass is 32.2. The molecule has 16 heavy (non-hydrogen) atoms. The summed E-state index contributed by atoms with van der Waals surface area (Å²) in [5, 5.41) is 3.67. The van der Waals surface area contributed by atoms with Crippen molar-refractivity contribution >= 4 is 17.7 Å². The molecule has 0 saturated carbocycles. The third-order valence-electron chi connectivity index (χ3n) is 2.26. The van der Waals surface area contributed by atoms with Crippen molar-refractivity contribution in [3.63, 3.8) is 0 Å². The number of hydrogen-bond donors (Lipinski definition) is 1. The quantitative estimate of drug-likeness (QED) is 0.732. The Morgan fingerprint density at radius 2 is 2.00 bits per heavy atom. The number of nitrogens with one attached hydrogen (secondary N) is 1. The SMILES string of the molecule is CCC(NC)C(C)SCC(=O)OC(C)(C)C. The molecule has 0 heterocycles. The molecule has 2 unspecified atom stereocenters. The first kappa shape index (κ1) is 15.8. The molecule has 0 bridgehead atoms. The Balaban J connectivity index is 3.92. The van der Waals surface area contributed by atoms with Gasteiger partial charge in [0.05, 0.1) is 5.75 Å². The van der Waals surface area contributed by atoms with Crippen LogP contribution in [-0.2, 0) is 9.53 Å². The lowest BCUT2D eigenvalue weighted by atomic mass is 10.2. The molecule has 0 radical (unpaired) electrons. The molecule has 2 atom stereocenters. The summed E-state index contributed by atoms with van der Waals surface area (Å²) >= 11 is 1.65. The molecule has 0 amide bonds. The van der Waals surface area contributed by atoms with Gasteiger partial charge in [-0.15, -0.1) is 11.8 Å². The number of carbonyl (C=O) groups is 1. The van der Waals surface area contributed by atoms with Gasteiger partial charge in [0.25, 0.3) is 0 Å². The lowest BCUT2D eigenvalue weighted by molar-refractivity contribution is -0.151. The number of ether oxygens (including phenoxy) is 1. The van der Waals surface area contributed by atoms with Crippen LogP contribution in [0.5, 0.6) is 0 Å². The standard InChI is InChI=1S/C12H25NO2S/c1-7-10(13-6)9(2)16-8-11(14)15-12(3,4)5/h9-10,13H,7-8H2,1-6H3. The average molecular weight is 247 g/mol. The van der Waals surface area contributed by atoms with E-state index in [0.29, 0.717) is 17.0 Å². The van der Waals surface area contributed by atoms with Gasteiger partial charge < -0.3 is 10.1 Å². The van der Waals surface area contributed by atoms with Crippen LogP contribution in [0.4, 0.5) is 0 Å². The molecule has 0 aliphatic heterocycles. The maximum absolute atomic E-state index is 11.5. The van der Waals surface area contributed by atoms with Gasteiger partial charge in [0.2, 0.25) is 0 Å². The molecule has 0 fully saturated rings. The van der Waals surface area contributed by atoms with Gasteiger partial charge >= 0.3 is 5.97 Å². The summed E-state index contributed by atoms with van der Waals surface area (Å²) in [6.07, 6.45) is 1.07. The Bertz CT molecular complexity index is 210. The van der Waals surface area contributed by atoms with E-state index in [9.17, 15) is 4.79 Å². The topological polar surface area (TPSA) is 38.3 Å². The summed E-state index contributed by atoms with van der Waals surface area (Å²) in [5.41, 5.74) is -0.381. The lowest BCUT2D eigenvalue weighted by Crippen LogP contribution is -2.34. The van der Waals surface area contributed by atoms with Gasteiger partial charge in [-0.3, -0.25) is 4.79 Å². The van der Waals surface area contributed by atoms with E-state index >= 15 is 0 Å². The van der Waals surface area contributed by atoms with Crippen molar-refractivity contribution in [1.82, 2.24) is 5.32 Å². The van der Waals surface area contributed by atoms with Crippen LogP contribution in [0, 0.1) is 0 Å². The highest BCUT2D eigenvalue weighted by Crippen LogP contribution is 2.18. The molecule has 0 aromatic carbocycles. The van der Waals surface area contributed by atoms with Crippen LogP contribution in [-0.4, -0.2) is 35.7 Å². The van der Waals surface area contributed by atoms with Gasteiger partial charge in [-0.05, 0) is 34.2 Å². The van der Waals surface area contributed by atoms with Crippen molar-refractivity contribution in [2.75, 3.05) is 12.8 Å². The summed E-state index contributed by atoms with van der Waals surface area (Å²) in [7, 11) is 1.96. The first-order valence-corrected chi connectivity index (χ1v) is 6.85. The van der Waals surface area contributed by atoms with Crippen LogP contribution in [0.25, 0.3) is 0 Å². The van der Waals surface area contributed by atoms with Crippen molar-refractivity contribution in [1.29, 1.82) is 0 Å². The molecule has 0 rings (SSSR count). The maximum atomic E-state index is 11.5. The zero-order valence-electron chi connectivity index (χ0n) is 11.3. The van der Waals surface area contributed by atoms with Gasteiger partial charge in [0.1, 0.15) is 5.60 Å². The monoisotopic (exact) mass is 247 g/mol. The second-order valence-electron chi connectivity index (χ2n) is 4.91. The number of rotatable bonds is 6. The molecule has 4 heteroatoms. The van der Waals surface area contributed by atoms with Gasteiger partial charge in [0, 0.05) is 11.3 Å². The lowest BCUT2D eigenvalue weighted by Gasteiger charge is -2.23. The number of thioether (sulfide) groups is 1. The van der Waals surface area contributed by atoms with Crippen LogP contribution in [0.3, 0.4) is 0 Å². The van der Waals surface area contributed by atoms with E-state index in [0.717, 1.165) is 6.42 Å². The largest absolute Gasteiger partial charge is 0.459 e. The van der Waals surface area contributed by atoms with Crippen molar-refractivity contribution in [2.24, 2.45) is 0 Å². The van der Waals surface area contributed by atoms with Crippen LogP contribution in [0.2, 0.25) is 0 Å². The molecule has 0 aliphatic rings. The van der Waals surface area contributed by atoms with E-state index in [4.69, 9.17) is 4.74 Å². The first-order chi connectivity index (χ1) is 7.30. The molecule has 1 N–H and O–H groups in total. The van der Waals surface area contributed by atoms with E-state index < -0.39 is 0 Å². The molecule has 0 aliphatic carbocycles.